The number of nitrogens with zero attached hydrogens (tertiary/aromatic N) is 3. The minimum atomic E-state index is -1.21. The Labute approximate surface area is 414 Å². The number of furan rings is 1. The zero-order valence-electron chi connectivity index (χ0n) is 38.2. The molecule has 15 heteroatoms. The molecule has 1 aliphatic carbocycles. The van der Waals surface area contributed by atoms with E-state index in [9.17, 15) is 51.1 Å². The van der Waals surface area contributed by atoms with Crippen LogP contribution in [0, 0.1) is 0 Å². The first-order valence-electron chi connectivity index (χ1n) is 22.9. The third-order valence-corrected chi connectivity index (χ3v) is 13.9. The van der Waals surface area contributed by atoms with Crippen LogP contribution in [0.1, 0.15) is 22.3 Å². The van der Waals surface area contributed by atoms with Crippen molar-refractivity contribution in [2.24, 2.45) is 0 Å². The standard InChI is InChI=1S/C58H38BN3O11/c59-42-37(44(64)50(70)51(71)49(42)69)38-43(63)39-40-46(66)47(67)41(48(68)53(40)73-54(39)52(72)45(38)65)57-61-55(29-16-12-15-28(25-29)27-13-4-1-5-14-27)60-56(62-57)30-23-24-34-33-21-10-11-22-35(33)58(36(34)26-30,31-17-6-2-7-18-31)32-19-8-3-9-20-32/h1-26,63-72H,59H2. The number of benzene rings is 9. The lowest BCUT2D eigenvalue weighted by atomic mass is 9.67. The first kappa shape index (κ1) is 44.1. The first-order chi connectivity index (χ1) is 35.3. The van der Waals surface area contributed by atoms with Gasteiger partial charge in [0.15, 0.2) is 63.1 Å². The highest BCUT2D eigenvalue weighted by Crippen LogP contribution is 2.61. The minimum absolute atomic E-state index is 0.113. The van der Waals surface area contributed by atoms with Gasteiger partial charge in [-0.1, -0.05) is 146 Å². The zero-order valence-corrected chi connectivity index (χ0v) is 38.2. The van der Waals surface area contributed by atoms with E-state index in [0.29, 0.717) is 11.1 Å². The van der Waals surface area contributed by atoms with Gasteiger partial charge >= 0.3 is 0 Å². The van der Waals surface area contributed by atoms with E-state index >= 15 is 0 Å². The smallest absolute Gasteiger partial charge is 0.204 e. The summed E-state index contributed by atoms with van der Waals surface area (Å²) < 4.78 is 5.91. The Bertz CT molecular complexity index is 4040. The van der Waals surface area contributed by atoms with Crippen molar-refractivity contribution in [3.8, 4) is 125 Å². The summed E-state index contributed by atoms with van der Waals surface area (Å²) in [5.41, 5.74) is 4.50. The number of phenols is 10. The maximum Gasteiger partial charge on any atom is 0.204 e. The number of hydrogen-bond donors (Lipinski definition) is 10. The van der Waals surface area contributed by atoms with E-state index in [2.05, 4.69) is 36.4 Å². The third kappa shape index (κ3) is 6.28. The molecule has 0 amide bonds. The SMILES string of the molecule is Bc1c(O)c(O)c(O)c(O)c1-c1c(O)c(O)c2oc3c(O)c(-c4nc(-c5cccc(-c6ccccc6)c5)nc(-c5ccc6c(c5)C(c5ccccc5)(c5ccccc5)c5ccccc5-6)n4)c(O)c(O)c3c2c1O. The molecule has 11 aromatic rings. The maximum atomic E-state index is 12.3. The summed E-state index contributed by atoms with van der Waals surface area (Å²) in [5.74, 6) is -10.5. The summed E-state index contributed by atoms with van der Waals surface area (Å²) in [6, 6.07) is 51.7. The Kier molecular flexibility index (Phi) is 9.79. The molecule has 0 radical (unpaired) electrons. The van der Waals surface area contributed by atoms with Gasteiger partial charge < -0.3 is 55.5 Å². The van der Waals surface area contributed by atoms with Crippen LogP contribution in [0.3, 0.4) is 0 Å². The van der Waals surface area contributed by atoms with Gasteiger partial charge in [0, 0.05) is 16.7 Å². The first-order valence-corrected chi connectivity index (χ1v) is 22.9. The van der Waals surface area contributed by atoms with Crippen LogP contribution in [0.25, 0.3) is 89.5 Å². The zero-order chi connectivity index (χ0) is 50.6. The van der Waals surface area contributed by atoms with E-state index in [1.807, 2.05) is 115 Å². The highest BCUT2D eigenvalue weighted by Gasteiger charge is 2.46. The van der Waals surface area contributed by atoms with Crippen LogP contribution in [0.5, 0.6) is 57.5 Å². The number of aromatic nitrogens is 3. The van der Waals surface area contributed by atoms with Crippen molar-refractivity contribution in [2.75, 3.05) is 0 Å². The van der Waals surface area contributed by atoms with Crippen molar-refractivity contribution in [3.05, 3.63) is 180 Å². The van der Waals surface area contributed by atoms with Crippen LogP contribution in [0.15, 0.2) is 162 Å². The van der Waals surface area contributed by atoms with Crippen molar-refractivity contribution in [1.29, 1.82) is 0 Å². The van der Waals surface area contributed by atoms with E-state index in [-0.39, 0.29) is 22.9 Å². The highest BCUT2D eigenvalue weighted by molar-refractivity contribution is 6.39. The lowest BCUT2D eigenvalue weighted by Crippen LogP contribution is -2.28. The van der Waals surface area contributed by atoms with Crippen LogP contribution in [-0.2, 0) is 5.41 Å². The summed E-state index contributed by atoms with van der Waals surface area (Å²) in [6.45, 7) is 0. The van der Waals surface area contributed by atoms with Gasteiger partial charge in [0.05, 0.1) is 21.8 Å². The van der Waals surface area contributed by atoms with Crippen LogP contribution < -0.4 is 5.46 Å². The fraction of sp³-hybridized carbons (Fsp3) is 0.0172. The topological polar surface area (TPSA) is 254 Å². The lowest BCUT2D eigenvalue weighted by molar-refractivity contribution is 0.348. The van der Waals surface area contributed by atoms with Crippen molar-refractivity contribution < 1.29 is 55.5 Å². The summed E-state index contributed by atoms with van der Waals surface area (Å²) in [6.07, 6.45) is 0. The Morgan fingerprint density at radius 3 is 1.51 bits per heavy atom. The molecule has 2 heterocycles. The van der Waals surface area contributed by atoms with E-state index < -0.39 is 102 Å². The normalized spacial score (nSPS) is 12.5. The average molecular weight is 964 g/mol. The Hall–Kier alpha value is -10.1. The van der Waals surface area contributed by atoms with Crippen molar-refractivity contribution in [3.63, 3.8) is 0 Å². The predicted molar refractivity (Wildman–Crippen MR) is 276 cm³/mol. The molecule has 0 fully saturated rings. The fourth-order valence-corrected chi connectivity index (χ4v) is 10.5. The van der Waals surface area contributed by atoms with Gasteiger partial charge in [0.25, 0.3) is 0 Å². The minimum Gasteiger partial charge on any atom is -0.506 e. The molecule has 0 saturated carbocycles. The van der Waals surface area contributed by atoms with E-state index in [1.165, 1.54) is 7.85 Å². The van der Waals surface area contributed by atoms with Crippen molar-refractivity contribution in [2.45, 2.75) is 5.41 Å². The van der Waals surface area contributed by atoms with Gasteiger partial charge in [0.2, 0.25) is 17.2 Å². The Morgan fingerprint density at radius 1 is 0.342 bits per heavy atom. The predicted octanol–water partition coefficient (Wildman–Crippen LogP) is 9.78. The monoisotopic (exact) mass is 963 g/mol. The van der Waals surface area contributed by atoms with Crippen LogP contribution in [0.4, 0.5) is 0 Å². The molecule has 354 valence electrons. The molecule has 0 unspecified atom stereocenters. The molecular weight excluding hydrogens is 925 g/mol. The van der Waals surface area contributed by atoms with E-state index in [0.717, 1.165) is 44.5 Å². The molecule has 0 spiro atoms. The third-order valence-electron chi connectivity index (χ3n) is 13.9. The van der Waals surface area contributed by atoms with Crippen molar-refractivity contribution in [1.82, 2.24) is 15.0 Å². The lowest BCUT2D eigenvalue weighted by Gasteiger charge is -2.34. The Balaban J connectivity index is 1.12. The highest BCUT2D eigenvalue weighted by atomic mass is 16.4. The Morgan fingerprint density at radius 2 is 0.836 bits per heavy atom. The molecule has 1 aliphatic rings. The van der Waals surface area contributed by atoms with Gasteiger partial charge in [0.1, 0.15) is 19.2 Å². The summed E-state index contributed by atoms with van der Waals surface area (Å²) in [7, 11) is 1.18. The van der Waals surface area contributed by atoms with E-state index in [4.69, 9.17) is 19.4 Å². The maximum absolute atomic E-state index is 12.3. The molecule has 10 N–H and O–H groups in total. The van der Waals surface area contributed by atoms with Crippen LogP contribution >= 0.6 is 0 Å². The molecule has 12 rings (SSSR count). The largest absolute Gasteiger partial charge is 0.506 e. The quantitative estimate of drug-likeness (QED) is 0.0406. The van der Waals surface area contributed by atoms with Gasteiger partial charge in [-0.2, -0.15) is 0 Å². The molecular formula is C58H38BN3O11. The average Bonchev–Trinajstić information content (AvgIpc) is 3.99. The summed E-state index contributed by atoms with van der Waals surface area (Å²) in [4.78, 5) is 14.7. The van der Waals surface area contributed by atoms with Crippen LogP contribution in [0.2, 0.25) is 0 Å². The number of rotatable bonds is 7. The molecule has 73 heavy (non-hydrogen) atoms. The van der Waals surface area contributed by atoms with Gasteiger partial charge in [-0.05, 0) is 62.1 Å². The number of fused-ring (bicyclic) bond motifs is 6. The molecule has 0 saturated heterocycles. The second-order valence-electron chi connectivity index (χ2n) is 17.8. The number of hydrogen-bond acceptors (Lipinski definition) is 14. The number of phenolic OH excluding ortho intramolecular Hbond substituents is 10. The number of aromatic hydroxyl groups is 10. The molecule has 0 atom stereocenters. The molecule has 9 aromatic carbocycles. The fourth-order valence-electron chi connectivity index (χ4n) is 10.5. The van der Waals surface area contributed by atoms with Gasteiger partial charge in [-0.3, -0.25) is 0 Å². The molecule has 0 bridgehead atoms. The molecule has 0 aliphatic heterocycles. The van der Waals surface area contributed by atoms with E-state index in [1.54, 1.807) is 6.07 Å². The summed E-state index contributed by atoms with van der Waals surface area (Å²) in [5, 5.41) is 112. The van der Waals surface area contributed by atoms with Crippen LogP contribution in [-0.4, -0.2) is 73.9 Å². The second kappa shape index (κ2) is 16.2. The van der Waals surface area contributed by atoms with Gasteiger partial charge in [-0.15, -0.1) is 0 Å². The molecule has 14 nitrogen and oxygen atoms in total. The molecule has 2 aromatic heterocycles. The summed E-state index contributed by atoms with van der Waals surface area (Å²) >= 11 is 0. The second-order valence-corrected chi connectivity index (χ2v) is 17.8. The van der Waals surface area contributed by atoms with Crippen molar-refractivity contribution >= 4 is 35.2 Å². The van der Waals surface area contributed by atoms with Gasteiger partial charge in [-0.25, -0.2) is 15.0 Å².